The lowest BCUT2D eigenvalue weighted by Crippen LogP contribution is -2.24. The van der Waals surface area contributed by atoms with Crippen molar-refractivity contribution in [2.24, 2.45) is 5.16 Å². The summed E-state index contributed by atoms with van der Waals surface area (Å²) in [5, 5.41) is 12.8. The molecule has 0 aromatic heterocycles. The SMILES string of the molecule is CC1(O/N=C(\C(=O)O)c2ccccc2F)CCCC1. The normalized spacial score (nSPS) is 18.3. The molecule has 2 rings (SSSR count). The van der Waals surface area contributed by atoms with E-state index in [0.29, 0.717) is 0 Å². The topological polar surface area (TPSA) is 58.9 Å². The fraction of sp³-hybridized carbons (Fsp3) is 0.429. The van der Waals surface area contributed by atoms with Crippen molar-refractivity contribution >= 4 is 11.7 Å². The van der Waals surface area contributed by atoms with Crippen LogP contribution in [0, 0.1) is 5.82 Å². The van der Waals surface area contributed by atoms with Crippen molar-refractivity contribution in [1.82, 2.24) is 0 Å². The van der Waals surface area contributed by atoms with Gasteiger partial charge in [0.25, 0.3) is 0 Å². The van der Waals surface area contributed by atoms with E-state index in [-0.39, 0.29) is 5.56 Å². The Balaban J connectivity index is 2.26. The van der Waals surface area contributed by atoms with Crippen molar-refractivity contribution in [3.8, 4) is 0 Å². The van der Waals surface area contributed by atoms with E-state index in [9.17, 15) is 9.18 Å². The third-order valence-electron chi connectivity index (χ3n) is 3.35. The molecule has 5 heteroatoms. The standard InChI is InChI=1S/C14H16FNO3/c1-14(8-4-5-9-14)19-16-12(13(17)18)10-6-2-3-7-11(10)15/h2-3,6-7H,4-5,8-9H2,1H3,(H,17,18)/b16-12-. The minimum atomic E-state index is -1.30. The molecule has 102 valence electrons. The van der Waals surface area contributed by atoms with E-state index in [1.54, 1.807) is 6.07 Å². The summed E-state index contributed by atoms with van der Waals surface area (Å²) in [5.74, 6) is -1.92. The van der Waals surface area contributed by atoms with Gasteiger partial charge >= 0.3 is 5.97 Å². The lowest BCUT2D eigenvalue weighted by Gasteiger charge is -2.20. The molecule has 1 saturated carbocycles. The van der Waals surface area contributed by atoms with E-state index in [0.717, 1.165) is 25.7 Å². The lowest BCUT2D eigenvalue weighted by molar-refractivity contribution is -0.129. The Hall–Kier alpha value is -1.91. The van der Waals surface area contributed by atoms with Crippen molar-refractivity contribution in [2.45, 2.75) is 38.2 Å². The Morgan fingerprint density at radius 2 is 2.00 bits per heavy atom. The van der Waals surface area contributed by atoms with Crippen LogP contribution in [0.2, 0.25) is 0 Å². The number of carboxylic acid groups (broad SMARTS) is 1. The molecule has 1 fully saturated rings. The molecule has 0 aliphatic heterocycles. The van der Waals surface area contributed by atoms with Gasteiger partial charge in [0.1, 0.15) is 11.4 Å². The summed E-state index contributed by atoms with van der Waals surface area (Å²) < 4.78 is 13.6. The average Bonchev–Trinajstić information content (AvgIpc) is 2.78. The second kappa shape index (κ2) is 5.38. The van der Waals surface area contributed by atoms with E-state index in [4.69, 9.17) is 9.94 Å². The molecular weight excluding hydrogens is 249 g/mol. The Morgan fingerprint density at radius 3 is 2.58 bits per heavy atom. The van der Waals surface area contributed by atoms with Gasteiger partial charge in [-0.1, -0.05) is 17.3 Å². The first-order valence-corrected chi connectivity index (χ1v) is 6.26. The zero-order chi connectivity index (χ0) is 13.9. The molecule has 0 spiro atoms. The number of oxime groups is 1. The van der Waals surface area contributed by atoms with E-state index < -0.39 is 23.1 Å². The van der Waals surface area contributed by atoms with Gasteiger partial charge in [-0.3, -0.25) is 0 Å². The summed E-state index contributed by atoms with van der Waals surface area (Å²) in [6.07, 6.45) is 3.74. The smallest absolute Gasteiger partial charge is 0.358 e. The van der Waals surface area contributed by atoms with Gasteiger partial charge in [0.15, 0.2) is 5.71 Å². The first-order chi connectivity index (χ1) is 9.02. The van der Waals surface area contributed by atoms with Gasteiger partial charge in [-0.2, -0.15) is 0 Å². The van der Waals surface area contributed by atoms with Crippen LogP contribution in [0.1, 0.15) is 38.2 Å². The van der Waals surface area contributed by atoms with Gasteiger partial charge in [0.05, 0.1) is 0 Å². The van der Waals surface area contributed by atoms with Crippen molar-refractivity contribution in [3.63, 3.8) is 0 Å². The van der Waals surface area contributed by atoms with Gasteiger partial charge in [-0.05, 0) is 44.7 Å². The van der Waals surface area contributed by atoms with Crippen LogP contribution in [0.5, 0.6) is 0 Å². The molecule has 1 aromatic carbocycles. The van der Waals surface area contributed by atoms with E-state index in [2.05, 4.69) is 5.16 Å². The van der Waals surface area contributed by atoms with Crippen LogP contribution in [-0.2, 0) is 9.63 Å². The van der Waals surface area contributed by atoms with E-state index in [1.165, 1.54) is 18.2 Å². The summed E-state index contributed by atoms with van der Waals surface area (Å²) >= 11 is 0. The number of aliphatic carboxylic acids is 1. The highest BCUT2D eigenvalue weighted by Crippen LogP contribution is 2.32. The van der Waals surface area contributed by atoms with Crippen LogP contribution in [0.4, 0.5) is 4.39 Å². The Labute approximate surface area is 110 Å². The second-order valence-electron chi connectivity index (χ2n) is 4.97. The first-order valence-electron chi connectivity index (χ1n) is 6.26. The minimum Gasteiger partial charge on any atom is -0.476 e. The molecule has 1 aliphatic carbocycles. The molecule has 4 nitrogen and oxygen atoms in total. The molecule has 0 bridgehead atoms. The van der Waals surface area contributed by atoms with Crippen LogP contribution < -0.4 is 0 Å². The predicted molar refractivity (Wildman–Crippen MR) is 68.5 cm³/mol. The van der Waals surface area contributed by atoms with Crippen molar-refractivity contribution in [1.29, 1.82) is 0 Å². The number of nitrogens with zero attached hydrogens (tertiary/aromatic N) is 1. The summed E-state index contributed by atoms with van der Waals surface area (Å²) in [7, 11) is 0. The van der Waals surface area contributed by atoms with Crippen LogP contribution in [-0.4, -0.2) is 22.4 Å². The average molecular weight is 265 g/mol. The largest absolute Gasteiger partial charge is 0.476 e. The molecule has 0 heterocycles. The zero-order valence-corrected chi connectivity index (χ0v) is 10.7. The lowest BCUT2D eigenvalue weighted by atomic mass is 10.1. The predicted octanol–water partition coefficient (Wildman–Crippen LogP) is 2.96. The number of hydrogen-bond donors (Lipinski definition) is 1. The summed E-state index contributed by atoms with van der Waals surface area (Å²) in [6, 6.07) is 5.64. The van der Waals surface area contributed by atoms with Crippen LogP contribution in [0.3, 0.4) is 0 Å². The Kier molecular flexibility index (Phi) is 3.83. The van der Waals surface area contributed by atoms with E-state index >= 15 is 0 Å². The monoisotopic (exact) mass is 265 g/mol. The third kappa shape index (κ3) is 3.10. The van der Waals surface area contributed by atoms with Crippen molar-refractivity contribution < 1.29 is 19.1 Å². The Morgan fingerprint density at radius 1 is 1.37 bits per heavy atom. The third-order valence-corrected chi connectivity index (χ3v) is 3.35. The quantitative estimate of drug-likeness (QED) is 0.672. The highest BCUT2D eigenvalue weighted by molar-refractivity contribution is 6.42. The van der Waals surface area contributed by atoms with Crippen molar-refractivity contribution in [2.75, 3.05) is 0 Å². The molecular formula is C14H16FNO3. The van der Waals surface area contributed by atoms with Gasteiger partial charge in [0.2, 0.25) is 0 Å². The molecule has 1 aliphatic rings. The maximum atomic E-state index is 13.6. The number of hydrogen-bond acceptors (Lipinski definition) is 3. The zero-order valence-electron chi connectivity index (χ0n) is 10.7. The molecule has 1 N–H and O–H groups in total. The maximum absolute atomic E-state index is 13.6. The fourth-order valence-corrected chi connectivity index (χ4v) is 2.23. The number of benzene rings is 1. The fourth-order valence-electron chi connectivity index (χ4n) is 2.23. The second-order valence-corrected chi connectivity index (χ2v) is 4.97. The minimum absolute atomic E-state index is 0.0587. The molecule has 0 atom stereocenters. The molecule has 19 heavy (non-hydrogen) atoms. The molecule has 0 unspecified atom stereocenters. The number of carboxylic acids is 1. The maximum Gasteiger partial charge on any atom is 0.358 e. The molecule has 0 saturated heterocycles. The Bertz CT molecular complexity index is 507. The summed E-state index contributed by atoms with van der Waals surface area (Å²) in [5.41, 5.74) is -0.894. The van der Waals surface area contributed by atoms with Crippen LogP contribution in [0.25, 0.3) is 0 Å². The van der Waals surface area contributed by atoms with Crippen molar-refractivity contribution in [3.05, 3.63) is 35.6 Å². The number of rotatable bonds is 4. The summed E-state index contributed by atoms with van der Waals surface area (Å²) in [4.78, 5) is 16.5. The molecule has 0 amide bonds. The number of halogens is 1. The van der Waals surface area contributed by atoms with Gasteiger partial charge in [-0.15, -0.1) is 0 Å². The van der Waals surface area contributed by atoms with Gasteiger partial charge in [-0.25, -0.2) is 9.18 Å². The van der Waals surface area contributed by atoms with E-state index in [1.807, 2.05) is 6.92 Å². The van der Waals surface area contributed by atoms with Crippen LogP contribution >= 0.6 is 0 Å². The van der Waals surface area contributed by atoms with Crippen LogP contribution in [0.15, 0.2) is 29.4 Å². The van der Waals surface area contributed by atoms with Gasteiger partial charge in [0, 0.05) is 5.56 Å². The molecule has 1 aromatic rings. The first kappa shape index (κ1) is 13.5. The molecule has 0 radical (unpaired) electrons. The summed E-state index contributed by atoms with van der Waals surface area (Å²) in [6.45, 7) is 1.89. The highest BCUT2D eigenvalue weighted by atomic mass is 19.1. The number of carbonyl (C=O) groups is 1. The van der Waals surface area contributed by atoms with Gasteiger partial charge < -0.3 is 9.94 Å². The highest BCUT2D eigenvalue weighted by Gasteiger charge is 2.31.